The van der Waals surface area contributed by atoms with E-state index in [0.29, 0.717) is 11.8 Å². The molecular formula is C11H18O2. The molecule has 1 saturated carbocycles. The lowest BCUT2D eigenvalue weighted by atomic mass is 9.72. The zero-order valence-electron chi connectivity index (χ0n) is 8.42. The molecule has 2 rings (SSSR count). The van der Waals surface area contributed by atoms with E-state index >= 15 is 0 Å². The van der Waals surface area contributed by atoms with Crippen LogP contribution in [0.2, 0.25) is 0 Å². The molecule has 2 heteroatoms. The second kappa shape index (κ2) is 2.82. The second-order valence-electron chi connectivity index (χ2n) is 4.65. The first-order valence-electron chi connectivity index (χ1n) is 5.08. The number of aliphatic hydroxyl groups is 1. The molecule has 4 atom stereocenters. The summed E-state index contributed by atoms with van der Waals surface area (Å²) >= 11 is 0. The van der Waals surface area contributed by atoms with E-state index in [9.17, 15) is 0 Å². The molecule has 0 amide bonds. The first kappa shape index (κ1) is 9.22. The standard InChI is InChI=1S/C11H18O2/c1-7-4-8(2)9(3)11(5-7)10(6-12)13-11/h7-8,10,12H,3-6H2,1-2H3. The predicted octanol–water partition coefficient (Wildman–Crippen LogP) is 1.74. The van der Waals surface area contributed by atoms with Crippen LogP contribution in [0.5, 0.6) is 0 Å². The average Bonchev–Trinajstić information content (AvgIpc) is 2.75. The average molecular weight is 182 g/mol. The molecule has 1 aliphatic heterocycles. The number of ether oxygens (including phenoxy) is 1. The van der Waals surface area contributed by atoms with Gasteiger partial charge in [-0.15, -0.1) is 0 Å². The molecule has 1 N–H and O–H groups in total. The van der Waals surface area contributed by atoms with E-state index in [0.717, 1.165) is 6.42 Å². The molecule has 0 aromatic rings. The van der Waals surface area contributed by atoms with Gasteiger partial charge in [0.05, 0.1) is 6.61 Å². The van der Waals surface area contributed by atoms with Crippen LogP contribution >= 0.6 is 0 Å². The molecule has 13 heavy (non-hydrogen) atoms. The highest BCUT2D eigenvalue weighted by Gasteiger charge is 2.60. The first-order chi connectivity index (χ1) is 6.10. The van der Waals surface area contributed by atoms with E-state index in [1.54, 1.807) is 0 Å². The summed E-state index contributed by atoms with van der Waals surface area (Å²) in [5.74, 6) is 1.23. The summed E-state index contributed by atoms with van der Waals surface area (Å²) in [5.41, 5.74) is 1.05. The molecule has 0 aromatic carbocycles. The maximum atomic E-state index is 9.05. The molecule has 1 spiro atoms. The zero-order chi connectivity index (χ0) is 9.64. The van der Waals surface area contributed by atoms with Crippen LogP contribution in [-0.2, 0) is 4.74 Å². The van der Waals surface area contributed by atoms with Crippen molar-refractivity contribution >= 4 is 0 Å². The van der Waals surface area contributed by atoms with Gasteiger partial charge in [-0.25, -0.2) is 0 Å². The maximum absolute atomic E-state index is 9.05. The Hall–Kier alpha value is -0.340. The zero-order valence-corrected chi connectivity index (χ0v) is 8.42. The summed E-state index contributed by atoms with van der Waals surface area (Å²) in [6.07, 6.45) is 2.29. The minimum atomic E-state index is -0.147. The third-order valence-electron chi connectivity index (χ3n) is 3.53. The molecule has 1 aliphatic carbocycles. The second-order valence-corrected chi connectivity index (χ2v) is 4.65. The summed E-state index contributed by atoms with van der Waals surface area (Å²) in [5, 5.41) is 9.05. The highest BCUT2D eigenvalue weighted by Crippen LogP contribution is 2.53. The molecule has 74 valence electrons. The van der Waals surface area contributed by atoms with Crippen molar-refractivity contribution in [2.24, 2.45) is 11.8 Å². The Bertz CT molecular complexity index is 236. The van der Waals surface area contributed by atoms with Crippen molar-refractivity contribution in [3.8, 4) is 0 Å². The van der Waals surface area contributed by atoms with Crippen molar-refractivity contribution in [1.82, 2.24) is 0 Å². The number of hydrogen-bond acceptors (Lipinski definition) is 2. The summed E-state index contributed by atoms with van der Waals surface area (Å²) < 4.78 is 5.60. The summed E-state index contributed by atoms with van der Waals surface area (Å²) in [4.78, 5) is 0. The van der Waals surface area contributed by atoms with Crippen molar-refractivity contribution in [2.45, 2.75) is 38.4 Å². The van der Waals surface area contributed by atoms with E-state index in [4.69, 9.17) is 9.84 Å². The fraction of sp³-hybridized carbons (Fsp3) is 0.818. The van der Waals surface area contributed by atoms with Crippen LogP contribution in [0.3, 0.4) is 0 Å². The van der Waals surface area contributed by atoms with Gasteiger partial charge in [0.25, 0.3) is 0 Å². The largest absolute Gasteiger partial charge is 0.394 e. The van der Waals surface area contributed by atoms with Crippen LogP contribution in [0.1, 0.15) is 26.7 Å². The Morgan fingerprint density at radius 2 is 2.31 bits per heavy atom. The van der Waals surface area contributed by atoms with Gasteiger partial charge in [0, 0.05) is 0 Å². The normalized spacial score (nSPS) is 49.8. The van der Waals surface area contributed by atoms with Gasteiger partial charge >= 0.3 is 0 Å². The Morgan fingerprint density at radius 1 is 1.62 bits per heavy atom. The van der Waals surface area contributed by atoms with Crippen LogP contribution in [-0.4, -0.2) is 23.4 Å². The Balaban J connectivity index is 2.15. The van der Waals surface area contributed by atoms with Crippen molar-refractivity contribution in [2.75, 3.05) is 6.61 Å². The third kappa shape index (κ3) is 1.24. The van der Waals surface area contributed by atoms with Crippen LogP contribution in [0, 0.1) is 11.8 Å². The quantitative estimate of drug-likeness (QED) is 0.495. The van der Waals surface area contributed by atoms with Gasteiger partial charge in [-0.2, -0.15) is 0 Å². The van der Waals surface area contributed by atoms with E-state index in [2.05, 4.69) is 20.4 Å². The highest BCUT2D eigenvalue weighted by molar-refractivity contribution is 5.29. The molecule has 1 heterocycles. The molecule has 0 radical (unpaired) electrons. The van der Waals surface area contributed by atoms with Gasteiger partial charge in [-0.3, -0.25) is 0 Å². The van der Waals surface area contributed by atoms with Crippen LogP contribution < -0.4 is 0 Å². The number of rotatable bonds is 1. The van der Waals surface area contributed by atoms with Crippen molar-refractivity contribution in [1.29, 1.82) is 0 Å². The molecule has 4 unspecified atom stereocenters. The predicted molar refractivity (Wildman–Crippen MR) is 51.4 cm³/mol. The molecule has 2 fully saturated rings. The fourth-order valence-electron chi connectivity index (χ4n) is 2.76. The molecule has 2 nitrogen and oxygen atoms in total. The van der Waals surface area contributed by atoms with E-state index in [1.165, 1.54) is 12.0 Å². The Labute approximate surface area is 79.6 Å². The molecule has 1 saturated heterocycles. The van der Waals surface area contributed by atoms with Crippen LogP contribution in [0.15, 0.2) is 12.2 Å². The summed E-state index contributed by atoms with van der Waals surface area (Å²) in [7, 11) is 0. The van der Waals surface area contributed by atoms with Gasteiger partial charge in [-0.05, 0) is 30.3 Å². The molecule has 2 aliphatic rings. The van der Waals surface area contributed by atoms with Gasteiger partial charge < -0.3 is 9.84 Å². The number of hydrogen-bond donors (Lipinski definition) is 1. The van der Waals surface area contributed by atoms with Crippen molar-refractivity contribution in [3.63, 3.8) is 0 Å². The topological polar surface area (TPSA) is 32.8 Å². The van der Waals surface area contributed by atoms with Crippen molar-refractivity contribution in [3.05, 3.63) is 12.2 Å². The SMILES string of the molecule is C=C1C(C)CC(C)CC12OC2CO. The Morgan fingerprint density at radius 3 is 2.85 bits per heavy atom. The van der Waals surface area contributed by atoms with Crippen LogP contribution in [0.25, 0.3) is 0 Å². The minimum Gasteiger partial charge on any atom is -0.394 e. The fourth-order valence-corrected chi connectivity index (χ4v) is 2.76. The van der Waals surface area contributed by atoms with E-state index in [-0.39, 0.29) is 18.3 Å². The maximum Gasteiger partial charge on any atom is 0.118 e. The summed E-state index contributed by atoms with van der Waals surface area (Å²) in [6.45, 7) is 8.70. The molecule has 0 aromatic heterocycles. The number of aliphatic hydroxyl groups excluding tert-OH is 1. The van der Waals surface area contributed by atoms with Gasteiger partial charge in [-0.1, -0.05) is 20.4 Å². The summed E-state index contributed by atoms with van der Waals surface area (Å²) in [6, 6.07) is 0. The monoisotopic (exact) mass is 182 g/mol. The van der Waals surface area contributed by atoms with E-state index < -0.39 is 0 Å². The minimum absolute atomic E-state index is 0.0326. The lowest BCUT2D eigenvalue weighted by Crippen LogP contribution is -2.32. The van der Waals surface area contributed by atoms with Crippen molar-refractivity contribution < 1.29 is 9.84 Å². The highest BCUT2D eigenvalue weighted by atomic mass is 16.6. The smallest absolute Gasteiger partial charge is 0.118 e. The number of epoxide rings is 1. The lowest BCUT2D eigenvalue weighted by Gasteiger charge is -2.32. The molecule has 0 bridgehead atoms. The van der Waals surface area contributed by atoms with E-state index in [1.807, 2.05) is 0 Å². The van der Waals surface area contributed by atoms with Gasteiger partial charge in [0.2, 0.25) is 0 Å². The van der Waals surface area contributed by atoms with Gasteiger partial charge in [0.1, 0.15) is 11.7 Å². The van der Waals surface area contributed by atoms with Crippen LogP contribution in [0.4, 0.5) is 0 Å². The Kier molecular flexibility index (Phi) is 2.00. The molecular weight excluding hydrogens is 164 g/mol. The first-order valence-corrected chi connectivity index (χ1v) is 5.08. The lowest BCUT2D eigenvalue weighted by molar-refractivity contribution is 0.212. The third-order valence-corrected chi connectivity index (χ3v) is 3.53. The van der Waals surface area contributed by atoms with Gasteiger partial charge in [0.15, 0.2) is 0 Å².